The zero-order valence-corrected chi connectivity index (χ0v) is 8.62. The van der Waals surface area contributed by atoms with Gasteiger partial charge in [-0.3, -0.25) is 0 Å². The standard InChI is InChI=1S/C10H14O4/c1-6(2)10-5-4-9(3,14-10)7(11)13-8(10)12/h6H,4-5H2,1-3H3. The number of fused-ring (bicyclic) bond motifs is 2. The maximum absolute atomic E-state index is 11.6. The molecule has 4 nitrogen and oxygen atoms in total. The molecule has 2 saturated heterocycles. The molecule has 2 atom stereocenters. The maximum Gasteiger partial charge on any atom is 0.346 e. The topological polar surface area (TPSA) is 52.6 Å². The van der Waals surface area contributed by atoms with E-state index >= 15 is 0 Å². The fourth-order valence-electron chi connectivity index (χ4n) is 2.14. The largest absolute Gasteiger partial charge is 0.389 e. The molecule has 2 unspecified atom stereocenters. The first-order valence-electron chi connectivity index (χ1n) is 4.88. The summed E-state index contributed by atoms with van der Waals surface area (Å²) in [6, 6.07) is 0. The Hall–Kier alpha value is -0.900. The lowest BCUT2D eigenvalue weighted by molar-refractivity contribution is -0.219. The van der Waals surface area contributed by atoms with Crippen molar-refractivity contribution in [1.82, 2.24) is 0 Å². The van der Waals surface area contributed by atoms with Crippen LogP contribution in [0, 0.1) is 5.92 Å². The average molecular weight is 198 g/mol. The molecule has 2 bridgehead atoms. The summed E-state index contributed by atoms with van der Waals surface area (Å²) in [5, 5.41) is 0. The number of hydrogen-bond donors (Lipinski definition) is 0. The van der Waals surface area contributed by atoms with E-state index in [1.165, 1.54) is 0 Å². The lowest BCUT2D eigenvalue weighted by atomic mass is 9.87. The fraction of sp³-hybridized carbons (Fsp3) is 0.800. The Morgan fingerprint density at radius 2 is 1.86 bits per heavy atom. The summed E-state index contributed by atoms with van der Waals surface area (Å²) in [5.41, 5.74) is -1.79. The third-order valence-electron chi connectivity index (χ3n) is 3.28. The number of carbonyl (C=O) groups is 2. The zero-order valence-electron chi connectivity index (χ0n) is 8.62. The summed E-state index contributed by atoms with van der Waals surface area (Å²) in [4.78, 5) is 23.0. The minimum absolute atomic E-state index is 0.0323. The average Bonchev–Trinajstić information content (AvgIpc) is 2.41. The predicted octanol–water partition coefficient (Wildman–Crippen LogP) is 1.03. The SMILES string of the molecule is CC(C)C12CCC(C)(O1)C(=O)OC2=O. The highest BCUT2D eigenvalue weighted by Gasteiger charge is 2.62. The summed E-state index contributed by atoms with van der Waals surface area (Å²) < 4.78 is 10.4. The molecule has 0 spiro atoms. The number of ether oxygens (including phenoxy) is 2. The molecule has 0 amide bonds. The van der Waals surface area contributed by atoms with Crippen molar-refractivity contribution in [1.29, 1.82) is 0 Å². The summed E-state index contributed by atoms with van der Waals surface area (Å²) in [5.74, 6) is -1.03. The van der Waals surface area contributed by atoms with Gasteiger partial charge in [0.15, 0.2) is 11.2 Å². The Bertz CT molecular complexity index is 309. The van der Waals surface area contributed by atoms with Crippen LogP contribution in [0.15, 0.2) is 0 Å². The van der Waals surface area contributed by atoms with Gasteiger partial charge >= 0.3 is 11.9 Å². The van der Waals surface area contributed by atoms with E-state index in [4.69, 9.17) is 9.47 Å². The lowest BCUT2D eigenvalue weighted by Crippen LogP contribution is -2.55. The van der Waals surface area contributed by atoms with Gasteiger partial charge in [0.2, 0.25) is 0 Å². The highest BCUT2D eigenvalue weighted by molar-refractivity contribution is 5.98. The number of carbonyl (C=O) groups excluding carboxylic acids is 2. The second-order valence-electron chi connectivity index (χ2n) is 4.55. The number of esters is 2. The second-order valence-corrected chi connectivity index (χ2v) is 4.55. The predicted molar refractivity (Wildman–Crippen MR) is 47.4 cm³/mol. The molecule has 2 heterocycles. The van der Waals surface area contributed by atoms with E-state index in [2.05, 4.69) is 0 Å². The quantitative estimate of drug-likeness (QED) is 0.466. The fourth-order valence-corrected chi connectivity index (χ4v) is 2.14. The molecule has 2 aliphatic rings. The van der Waals surface area contributed by atoms with Gasteiger partial charge in [-0.1, -0.05) is 13.8 Å². The van der Waals surface area contributed by atoms with Crippen LogP contribution in [0.25, 0.3) is 0 Å². The van der Waals surface area contributed by atoms with Crippen LogP contribution < -0.4 is 0 Å². The molecule has 0 aromatic rings. The molecule has 4 heteroatoms. The van der Waals surface area contributed by atoms with Crippen LogP contribution in [0.4, 0.5) is 0 Å². The van der Waals surface area contributed by atoms with Gasteiger partial charge in [-0.2, -0.15) is 0 Å². The molecule has 0 saturated carbocycles. The van der Waals surface area contributed by atoms with E-state index in [1.54, 1.807) is 6.92 Å². The van der Waals surface area contributed by atoms with Crippen LogP contribution >= 0.6 is 0 Å². The highest BCUT2D eigenvalue weighted by Crippen LogP contribution is 2.46. The molecule has 0 radical (unpaired) electrons. The molecule has 2 rings (SSSR count). The van der Waals surface area contributed by atoms with Gasteiger partial charge in [-0.05, 0) is 25.7 Å². The highest BCUT2D eigenvalue weighted by atomic mass is 16.7. The van der Waals surface area contributed by atoms with Gasteiger partial charge in [0.05, 0.1) is 0 Å². The normalized spacial score (nSPS) is 41.7. The Labute approximate surface area is 82.6 Å². The zero-order chi connectivity index (χ0) is 10.6. The molecule has 78 valence electrons. The third kappa shape index (κ3) is 0.974. The van der Waals surface area contributed by atoms with Crippen molar-refractivity contribution in [3.8, 4) is 0 Å². The summed E-state index contributed by atoms with van der Waals surface area (Å²) in [7, 11) is 0. The Morgan fingerprint density at radius 1 is 1.21 bits per heavy atom. The summed E-state index contributed by atoms with van der Waals surface area (Å²) >= 11 is 0. The van der Waals surface area contributed by atoms with Crippen LogP contribution in [-0.2, 0) is 19.1 Å². The van der Waals surface area contributed by atoms with Gasteiger partial charge in [-0.25, -0.2) is 9.59 Å². The van der Waals surface area contributed by atoms with E-state index in [-0.39, 0.29) is 5.92 Å². The Morgan fingerprint density at radius 3 is 2.43 bits per heavy atom. The molecule has 0 aromatic carbocycles. The van der Waals surface area contributed by atoms with Crippen molar-refractivity contribution in [3.63, 3.8) is 0 Å². The third-order valence-corrected chi connectivity index (χ3v) is 3.28. The first-order valence-corrected chi connectivity index (χ1v) is 4.88. The number of hydrogen-bond acceptors (Lipinski definition) is 4. The Balaban J connectivity index is 2.40. The number of cyclic esters (lactones) is 2. The van der Waals surface area contributed by atoms with Gasteiger partial charge in [0.25, 0.3) is 0 Å². The Kier molecular flexibility index (Phi) is 1.77. The minimum atomic E-state index is -0.905. The van der Waals surface area contributed by atoms with E-state index in [0.717, 1.165) is 0 Å². The van der Waals surface area contributed by atoms with E-state index < -0.39 is 23.1 Å². The molecule has 0 aliphatic carbocycles. The molecular formula is C10H14O4. The molecule has 0 aromatic heterocycles. The van der Waals surface area contributed by atoms with Crippen molar-refractivity contribution < 1.29 is 19.1 Å². The molecular weight excluding hydrogens is 184 g/mol. The van der Waals surface area contributed by atoms with Crippen LogP contribution in [0.2, 0.25) is 0 Å². The summed E-state index contributed by atoms with van der Waals surface area (Å²) in [6.07, 6.45) is 1.14. The van der Waals surface area contributed by atoms with Gasteiger partial charge in [0.1, 0.15) is 0 Å². The van der Waals surface area contributed by atoms with E-state index in [0.29, 0.717) is 12.8 Å². The van der Waals surface area contributed by atoms with Crippen molar-refractivity contribution >= 4 is 11.9 Å². The van der Waals surface area contributed by atoms with Crippen molar-refractivity contribution in [2.75, 3.05) is 0 Å². The van der Waals surface area contributed by atoms with Gasteiger partial charge in [-0.15, -0.1) is 0 Å². The van der Waals surface area contributed by atoms with Crippen LogP contribution in [0.5, 0.6) is 0 Å². The van der Waals surface area contributed by atoms with Crippen LogP contribution in [0.3, 0.4) is 0 Å². The second kappa shape index (κ2) is 2.57. The van der Waals surface area contributed by atoms with Crippen molar-refractivity contribution in [2.24, 2.45) is 5.92 Å². The van der Waals surface area contributed by atoms with E-state index in [9.17, 15) is 9.59 Å². The lowest BCUT2D eigenvalue weighted by Gasteiger charge is -2.37. The van der Waals surface area contributed by atoms with Crippen LogP contribution in [0.1, 0.15) is 33.6 Å². The van der Waals surface area contributed by atoms with E-state index in [1.807, 2.05) is 13.8 Å². The van der Waals surface area contributed by atoms with Crippen LogP contribution in [-0.4, -0.2) is 23.1 Å². The first-order chi connectivity index (χ1) is 6.41. The van der Waals surface area contributed by atoms with Crippen molar-refractivity contribution in [3.05, 3.63) is 0 Å². The van der Waals surface area contributed by atoms with Crippen molar-refractivity contribution in [2.45, 2.75) is 44.8 Å². The minimum Gasteiger partial charge on any atom is -0.389 e. The molecule has 14 heavy (non-hydrogen) atoms. The number of rotatable bonds is 1. The maximum atomic E-state index is 11.6. The summed E-state index contributed by atoms with van der Waals surface area (Å²) in [6.45, 7) is 5.50. The monoisotopic (exact) mass is 198 g/mol. The van der Waals surface area contributed by atoms with Gasteiger partial charge < -0.3 is 9.47 Å². The first kappa shape index (κ1) is 9.65. The smallest absolute Gasteiger partial charge is 0.346 e. The molecule has 2 fully saturated rings. The molecule has 2 aliphatic heterocycles. The molecule has 0 N–H and O–H groups in total. The van der Waals surface area contributed by atoms with Gasteiger partial charge in [0, 0.05) is 0 Å².